The quantitative estimate of drug-likeness (QED) is 0.456. The summed E-state index contributed by atoms with van der Waals surface area (Å²) in [5.74, 6) is -0.252. The van der Waals surface area contributed by atoms with Crippen molar-refractivity contribution in [1.29, 1.82) is 5.41 Å². The van der Waals surface area contributed by atoms with Crippen LogP contribution in [0.25, 0.3) is 0 Å². The second kappa shape index (κ2) is 6.18. The smallest absolute Gasteiger partial charge is 0.402 e. The summed E-state index contributed by atoms with van der Waals surface area (Å²) in [6.45, 7) is -1.70. The van der Waals surface area contributed by atoms with E-state index in [2.05, 4.69) is 0 Å². The summed E-state index contributed by atoms with van der Waals surface area (Å²) >= 11 is 0. The van der Waals surface area contributed by atoms with Crippen LogP contribution in [0.3, 0.4) is 0 Å². The van der Waals surface area contributed by atoms with Crippen LogP contribution in [-0.4, -0.2) is 34.1 Å². The fraction of sp³-hybridized carbons (Fsp3) is 0.300. The lowest BCUT2D eigenvalue weighted by molar-refractivity contribution is -0.121. The predicted molar refractivity (Wildman–Crippen MR) is 70.6 cm³/mol. The number of rotatable bonds is 6. The number of nitrogen functional groups attached to an aromatic ring is 1. The van der Waals surface area contributed by atoms with E-state index in [-0.39, 0.29) is 22.8 Å². The van der Waals surface area contributed by atoms with Gasteiger partial charge < -0.3 is 10.5 Å². The third-order valence-electron chi connectivity index (χ3n) is 2.22. The van der Waals surface area contributed by atoms with Gasteiger partial charge in [0.05, 0.1) is 12.8 Å². The molecule has 0 heterocycles. The first kappa shape index (κ1) is 17.0. The maximum atomic E-state index is 12.0. The topological polar surface area (TPSA) is 117 Å². The Balaban J connectivity index is 2.94. The van der Waals surface area contributed by atoms with E-state index in [0.717, 1.165) is 0 Å². The second-order valence-corrected chi connectivity index (χ2v) is 5.37. The SMILES string of the molecule is COc1cc(C(=N)N)ccc1NS(=O)(=O)NCC(F)(F)F. The Morgan fingerprint density at radius 2 is 2.05 bits per heavy atom. The van der Waals surface area contributed by atoms with Crippen LogP contribution in [0.2, 0.25) is 0 Å². The molecule has 7 nitrogen and oxygen atoms in total. The molecule has 0 saturated heterocycles. The average Bonchev–Trinajstić information content (AvgIpc) is 2.35. The van der Waals surface area contributed by atoms with Crippen molar-refractivity contribution in [1.82, 2.24) is 4.72 Å². The standard InChI is InChI=1S/C10H13F3N4O3S/c1-20-8-4-6(9(14)15)2-3-7(8)17-21(18,19)16-5-10(11,12)13/h2-4,16-17H,5H2,1H3,(H3,14,15). The summed E-state index contributed by atoms with van der Waals surface area (Å²) in [6, 6.07) is 3.83. The van der Waals surface area contributed by atoms with Gasteiger partial charge in [-0.1, -0.05) is 0 Å². The van der Waals surface area contributed by atoms with Crippen molar-refractivity contribution in [2.75, 3.05) is 18.4 Å². The predicted octanol–water partition coefficient (Wildman–Crippen LogP) is 0.788. The molecule has 0 fully saturated rings. The van der Waals surface area contributed by atoms with Gasteiger partial charge >= 0.3 is 6.18 Å². The summed E-state index contributed by atoms with van der Waals surface area (Å²) in [7, 11) is -3.18. The molecule has 0 spiro atoms. The number of benzene rings is 1. The van der Waals surface area contributed by atoms with Crippen LogP contribution < -0.4 is 19.9 Å². The first-order valence-corrected chi connectivity index (χ1v) is 6.89. The van der Waals surface area contributed by atoms with Crippen LogP contribution in [0, 0.1) is 5.41 Å². The first-order chi connectivity index (χ1) is 9.54. The first-order valence-electron chi connectivity index (χ1n) is 5.40. The highest BCUT2D eigenvalue weighted by atomic mass is 32.2. The van der Waals surface area contributed by atoms with Crippen molar-refractivity contribution in [3.8, 4) is 5.75 Å². The summed E-state index contributed by atoms with van der Waals surface area (Å²) in [5, 5.41) is 7.24. The molecule has 0 aromatic heterocycles. The number of methoxy groups -OCH3 is 1. The lowest BCUT2D eigenvalue weighted by atomic mass is 10.2. The van der Waals surface area contributed by atoms with Crippen molar-refractivity contribution in [3.63, 3.8) is 0 Å². The fourth-order valence-corrected chi connectivity index (χ4v) is 2.18. The van der Waals surface area contributed by atoms with Crippen LogP contribution in [0.1, 0.15) is 5.56 Å². The Bertz CT molecular complexity index is 631. The average molecular weight is 326 g/mol. The molecule has 0 aliphatic rings. The molecule has 118 valence electrons. The van der Waals surface area contributed by atoms with E-state index in [1.165, 1.54) is 30.0 Å². The Morgan fingerprint density at radius 3 is 2.52 bits per heavy atom. The number of amidine groups is 1. The highest BCUT2D eigenvalue weighted by Crippen LogP contribution is 2.26. The normalized spacial score (nSPS) is 12.0. The van der Waals surface area contributed by atoms with E-state index in [1.54, 1.807) is 0 Å². The molecule has 0 saturated carbocycles. The zero-order valence-corrected chi connectivity index (χ0v) is 11.6. The van der Waals surface area contributed by atoms with Gasteiger partial charge in [-0.25, -0.2) is 0 Å². The van der Waals surface area contributed by atoms with Crippen LogP contribution >= 0.6 is 0 Å². The van der Waals surface area contributed by atoms with Crippen LogP contribution in [0.4, 0.5) is 18.9 Å². The van der Waals surface area contributed by atoms with Gasteiger partial charge in [-0.3, -0.25) is 10.1 Å². The van der Waals surface area contributed by atoms with Crippen molar-refractivity contribution in [3.05, 3.63) is 23.8 Å². The highest BCUT2D eigenvalue weighted by molar-refractivity contribution is 7.90. The molecule has 0 bridgehead atoms. The molecule has 5 N–H and O–H groups in total. The minimum absolute atomic E-state index is 0.0140. The maximum absolute atomic E-state index is 12.0. The van der Waals surface area contributed by atoms with E-state index in [1.807, 2.05) is 4.72 Å². The monoisotopic (exact) mass is 326 g/mol. The molecule has 1 aromatic rings. The minimum Gasteiger partial charge on any atom is -0.495 e. The van der Waals surface area contributed by atoms with Crippen LogP contribution in [0.15, 0.2) is 18.2 Å². The Hall–Kier alpha value is -2.01. The molecule has 0 aliphatic heterocycles. The molecule has 0 aliphatic carbocycles. The summed E-state index contributed by atoms with van der Waals surface area (Å²) < 4.78 is 67.1. The molecular weight excluding hydrogens is 313 g/mol. The summed E-state index contributed by atoms with van der Waals surface area (Å²) in [5.41, 5.74) is 5.45. The largest absolute Gasteiger partial charge is 0.495 e. The molecular formula is C10H13F3N4O3S. The summed E-state index contributed by atoms with van der Waals surface area (Å²) in [6.07, 6.45) is -4.67. The number of alkyl halides is 3. The van der Waals surface area contributed by atoms with Crippen molar-refractivity contribution >= 4 is 21.7 Å². The van der Waals surface area contributed by atoms with Crippen molar-refractivity contribution < 1.29 is 26.3 Å². The van der Waals surface area contributed by atoms with E-state index < -0.39 is 22.9 Å². The third-order valence-corrected chi connectivity index (χ3v) is 3.23. The number of hydrogen-bond acceptors (Lipinski definition) is 4. The van der Waals surface area contributed by atoms with Gasteiger partial charge in [-0.15, -0.1) is 0 Å². The van der Waals surface area contributed by atoms with Gasteiger partial charge in [0.15, 0.2) is 0 Å². The molecule has 1 aromatic carbocycles. The molecule has 21 heavy (non-hydrogen) atoms. The number of halogens is 3. The minimum atomic E-state index is -4.67. The van der Waals surface area contributed by atoms with Crippen molar-refractivity contribution in [2.24, 2.45) is 5.73 Å². The van der Waals surface area contributed by atoms with Gasteiger partial charge in [0.1, 0.15) is 18.1 Å². The molecule has 0 radical (unpaired) electrons. The van der Waals surface area contributed by atoms with Crippen molar-refractivity contribution in [2.45, 2.75) is 6.18 Å². The number of anilines is 1. The molecule has 1 rings (SSSR count). The molecule has 0 atom stereocenters. The van der Waals surface area contributed by atoms with E-state index in [4.69, 9.17) is 15.9 Å². The van der Waals surface area contributed by atoms with Crippen LogP contribution in [0.5, 0.6) is 5.75 Å². The number of nitrogens with two attached hydrogens (primary N) is 1. The highest BCUT2D eigenvalue weighted by Gasteiger charge is 2.29. The van der Waals surface area contributed by atoms with E-state index in [9.17, 15) is 21.6 Å². The Kier molecular flexibility index (Phi) is 5.01. The lowest BCUT2D eigenvalue weighted by Crippen LogP contribution is -2.37. The van der Waals surface area contributed by atoms with Gasteiger partial charge in [0.25, 0.3) is 10.2 Å². The molecule has 0 unspecified atom stereocenters. The maximum Gasteiger partial charge on any atom is 0.402 e. The van der Waals surface area contributed by atoms with Gasteiger partial charge in [-0.05, 0) is 18.2 Å². The zero-order chi connectivity index (χ0) is 16.3. The lowest BCUT2D eigenvalue weighted by Gasteiger charge is -2.14. The number of ether oxygens (including phenoxy) is 1. The second-order valence-electron chi connectivity index (χ2n) is 3.87. The van der Waals surface area contributed by atoms with Gasteiger partial charge in [0, 0.05) is 5.56 Å². The fourth-order valence-electron chi connectivity index (χ4n) is 1.30. The Morgan fingerprint density at radius 1 is 1.43 bits per heavy atom. The third kappa shape index (κ3) is 5.47. The van der Waals surface area contributed by atoms with Gasteiger partial charge in [0.2, 0.25) is 0 Å². The van der Waals surface area contributed by atoms with Crippen LogP contribution in [-0.2, 0) is 10.2 Å². The Labute approximate surface area is 119 Å². The van der Waals surface area contributed by atoms with Gasteiger partial charge in [-0.2, -0.15) is 26.3 Å². The molecule has 0 amide bonds. The zero-order valence-electron chi connectivity index (χ0n) is 10.8. The molecule has 11 heteroatoms. The number of nitrogens with one attached hydrogen (secondary N) is 3. The number of hydrogen-bond donors (Lipinski definition) is 4. The van der Waals surface area contributed by atoms with E-state index in [0.29, 0.717) is 0 Å². The summed E-state index contributed by atoms with van der Waals surface area (Å²) in [4.78, 5) is 0. The van der Waals surface area contributed by atoms with E-state index >= 15 is 0 Å².